The van der Waals surface area contributed by atoms with Gasteiger partial charge in [-0.1, -0.05) is 52.0 Å². The second kappa shape index (κ2) is 3.93. The third kappa shape index (κ3) is 2.23. The maximum Gasteiger partial charge on any atom is -0.00300 e. The summed E-state index contributed by atoms with van der Waals surface area (Å²) >= 11 is 0. The van der Waals surface area contributed by atoms with Crippen molar-refractivity contribution in [1.29, 1.82) is 0 Å². The molecule has 0 aromatic rings. The molecule has 0 aliphatic heterocycles. The van der Waals surface area contributed by atoms with Crippen LogP contribution < -0.4 is 0 Å². The Kier molecular flexibility index (Phi) is 3.13. The molecular formula is C12H20. The summed E-state index contributed by atoms with van der Waals surface area (Å²) < 4.78 is 0. The molecule has 0 nitrogen and oxygen atoms in total. The van der Waals surface area contributed by atoms with E-state index in [0.29, 0.717) is 11.8 Å². The highest BCUT2D eigenvalue weighted by Crippen LogP contribution is 2.24. The van der Waals surface area contributed by atoms with Crippen molar-refractivity contribution in [3.63, 3.8) is 0 Å². The monoisotopic (exact) mass is 164 g/mol. The molecular weight excluding hydrogens is 144 g/mol. The zero-order valence-corrected chi connectivity index (χ0v) is 8.62. The molecule has 0 unspecified atom stereocenters. The topological polar surface area (TPSA) is 0 Å². The summed E-state index contributed by atoms with van der Waals surface area (Å²) in [5.41, 5.74) is 0. The highest BCUT2D eigenvalue weighted by atomic mass is 14.2. The third-order valence-electron chi connectivity index (χ3n) is 2.65. The summed E-state index contributed by atoms with van der Waals surface area (Å²) in [5, 5.41) is 0. The first-order valence-electron chi connectivity index (χ1n) is 4.98. The molecule has 0 saturated carbocycles. The van der Waals surface area contributed by atoms with Crippen LogP contribution in [0.1, 0.15) is 27.7 Å². The quantitative estimate of drug-likeness (QED) is 0.546. The molecule has 1 aliphatic rings. The molecule has 0 aromatic carbocycles. The summed E-state index contributed by atoms with van der Waals surface area (Å²) in [6.45, 7) is 9.09. The van der Waals surface area contributed by atoms with Gasteiger partial charge in [-0.25, -0.2) is 0 Å². The maximum absolute atomic E-state index is 2.36. The third-order valence-corrected chi connectivity index (χ3v) is 2.65. The van der Waals surface area contributed by atoms with Crippen molar-refractivity contribution in [1.82, 2.24) is 0 Å². The van der Waals surface area contributed by atoms with Crippen molar-refractivity contribution in [3.8, 4) is 0 Å². The predicted octanol–water partition coefficient (Wildman–Crippen LogP) is 3.66. The van der Waals surface area contributed by atoms with Gasteiger partial charge in [0.05, 0.1) is 0 Å². The van der Waals surface area contributed by atoms with E-state index in [0.717, 1.165) is 11.8 Å². The summed E-state index contributed by atoms with van der Waals surface area (Å²) in [5.74, 6) is 2.82. The second-order valence-corrected chi connectivity index (χ2v) is 4.41. The van der Waals surface area contributed by atoms with Gasteiger partial charge < -0.3 is 0 Å². The molecule has 0 amide bonds. The van der Waals surface area contributed by atoms with Gasteiger partial charge in [-0.3, -0.25) is 0 Å². The van der Waals surface area contributed by atoms with E-state index in [1.807, 2.05) is 0 Å². The first-order chi connectivity index (χ1) is 5.61. The normalized spacial score (nSPS) is 28.8. The molecule has 0 saturated heterocycles. The molecule has 0 atom stereocenters. The summed E-state index contributed by atoms with van der Waals surface area (Å²) in [4.78, 5) is 0. The van der Waals surface area contributed by atoms with Crippen LogP contribution in [0.5, 0.6) is 0 Å². The molecule has 0 fully saturated rings. The van der Waals surface area contributed by atoms with Crippen LogP contribution >= 0.6 is 0 Å². The fraction of sp³-hybridized carbons (Fsp3) is 0.667. The minimum absolute atomic E-state index is 0.667. The molecule has 0 radical (unpaired) electrons. The highest BCUT2D eigenvalue weighted by Gasteiger charge is 2.14. The van der Waals surface area contributed by atoms with Gasteiger partial charge in [0.2, 0.25) is 0 Å². The Balaban J connectivity index is 2.54. The molecule has 0 bridgehead atoms. The van der Waals surface area contributed by atoms with E-state index in [4.69, 9.17) is 0 Å². The van der Waals surface area contributed by atoms with Crippen molar-refractivity contribution in [2.45, 2.75) is 27.7 Å². The molecule has 1 rings (SSSR count). The SMILES string of the molecule is CC(C)C1C=CC(C(C)C)C=C1. The largest absolute Gasteiger partial charge is 0.0808 e. The van der Waals surface area contributed by atoms with Crippen LogP contribution in [-0.4, -0.2) is 0 Å². The fourth-order valence-electron chi connectivity index (χ4n) is 1.53. The van der Waals surface area contributed by atoms with Crippen LogP contribution in [0.3, 0.4) is 0 Å². The van der Waals surface area contributed by atoms with Gasteiger partial charge in [-0.2, -0.15) is 0 Å². The number of rotatable bonds is 2. The lowest BCUT2D eigenvalue weighted by Gasteiger charge is -2.21. The molecule has 0 spiro atoms. The molecule has 0 heteroatoms. The zero-order chi connectivity index (χ0) is 9.14. The van der Waals surface area contributed by atoms with Crippen LogP contribution in [0.2, 0.25) is 0 Å². The van der Waals surface area contributed by atoms with Gasteiger partial charge >= 0.3 is 0 Å². The van der Waals surface area contributed by atoms with Gasteiger partial charge in [0.25, 0.3) is 0 Å². The van der Waals surface area contributed by atoms with E-state index in [1.54, 1.807) is 0 Å². The predicted molar refractivity (Wildman–Crippen MR) is 54.9 cm³/mol. The average molecular weight is 164 g/mol. The molecule has 1 aliphatic carbocycles. The van der Waals surface area contributed by atoms with Crippen molar-refractivity contribution in [2.75, 3.05) is 0 Å². The first-order valence-corrected chi connectivity index (χ1v) is 4.98. The smallest absolute Gasteiger partial charge is 0.00300 e. The van der Waals surface area contributed by atoms with Crippen LogP contribution in [0.4, 0.5) is 0 Å². The minimum atomic E-state index is 0.667. The van der Waals surface area contributed by atoms with Gasteiger partial charge in [-0.05, 0) is 23.7 Å². The Labute approximate surface area is 76.4 Å². The van der Waals surface area contributed by atoms with Gasteiger partial charge in [0.15, 0.2) is 0 Å². The summed E-state index contributed by atoms with van der Waals surface area (Å²) in [6.07, 6.45) is 9.43. The van der Waals surface area contributed by atoms with Crippen LogP contribution in [0.25, 0.3) is 0 Å². The van der Waals surface area contributed by atoms with Gasteiger partial charge in [0, 0.05) is 0 Å². The number of hydrogen-bond donors (Lipinski definition) is 0. The standard InChI is InChI=1S/C12H20/c1-9(2)11-5-7-12(8-6-11)10(3)4/h5-12H,1-4H3. The fourth-order valence-corrected chi connectivity index (χ4v) is 1.53. The lowest BCUT2D eigenvalue weighted by Crippen LogP contribution is -2.11. The maximum atomic E-state index is 2.36. The van der Waals surface area contributed by atoms with Crippen LogP contribution in [0, 0.1) is 23.7 Å². The van der Waals surface area contributed by atoms with Crippen molar-refractivity contribution < 1.29 is 0 Å². The van der Waals surface area contributed by atoms with E-state index < -0.39 is 0 Å². The minimum Gasteiger partial charge on any atom is -0.0808 e. The first kappa shape index (κ1) is 9.57. The molecule has 0 heterocycles. The Morgan fingerprint density at radius 1 is 0.667 bits per heavy atom. The van der Waals surface area contributed by atoms with Gasteiger partial charge in [-0.15, -0.1) is 0 Å². The Bertz CT molecular complexity index is 150. The molecule has 0 N–H and O–H groups in total. The van der Waals surface area contributed by atoms with Crippen LogP contribution in [-0.2, 0) is 0 Å². The average Bonchev–Trinajstić information content (AvgIpc) is 2.04. The van der Waals surface area contributed by atoms with Crippen molar-refractivity contribution in [3.05, 3.63) is 24.3 Å². The Morgan fingerprint density at radius 2 is 0.917 bits per heavy atom. The van der Waals surface area contributed by atoms with E-state index in [9.17, 15) is 0 Å². The number of allylic oxidation sites excluding steroid dienone is 4. The summed E-state index contributed by atoms with van der Waals surface area (Å²) in [7, 11) is 0. The molecule has 0 aromatic heterocycles. The van der Waals surface area contributed by atoms with E-state index in [2.05, 4.69) is 52.0 Å². The lowest BCUT2D eigenvalue weighted by molar-refractivity contribution is 0.500. The second-order valence-electron chi connectivity index (χ2n) is 4.41. The highest BCUT2D eigenvalue weighted by molar-refractivity contribution is 5.14. The van der Waals surface area contributed by atoms with E-state index in [-0.39, 0.29) is 0 Å². The Morgan fingerprint density at radius 3 is 1.08 bits per heavy atom. The van der Waals surface area contributed by atoms with Crippen molar-refractivity contribution in [2.24, 2.45) is 23.7 Å². The number of hydrogen-bond acceptors (Lipinski definition) is 0. The van der Waals surface area contributed by atoms with Crippen molar-refractivity contribution >= 4 is 0 Å². The lowest BCUT2D eigenvalue weighted by atomic mass is 9.84. The molecule has 12 heavy (non-hydrogen) atoms. The van der Waals surface area contributed by atoms with E-state index >= 15 is 0 Å². The van der Waals surface area contributed by atoms with Crippen LogP contribution in [0.15, 0.2) is 24.3 Å². The summed E-state index contributed by atoms with van der Waals surface area (Å²) in [6, 6.07) is 0. The Hall–Kier alpha value is -0.520. The van der Waals surface area contributed by atoms with Gasteiger partial charge in [0.1, 0.15) is 0 Å². The zero-order valence-electron chi connectivity index (χ0n) is 8.62. The molecule has 68 valence electrons. The van der Waals surface area contributed by atoms with E-state index in [1.165, 1.54) is 0 Å².